The molecule has 1 aromatic rings. The number of carbonyl (C=O) groups excluding carboxylic acids is 4. The van der Waals surface area contributed by atoms with Gasteiger partial charge in [-0.05, 0) is 17.7 Å². The number of primary amides is 1. The van der Waals surface area contributed by atoms with Gasteiger partial charge in [-0.25, -0.2) is 4.79 Å². The van der Waals surface area contributed by atoms with E-state index in [1.165, 1.54) is 24.3 Å². The molecular weight excluding hydrogens is 442 g/mol. The summed E-state index contributed by atoms with van der Waals surface area (Å²) >= 11 is 0. The highest BCUT2D eigenvalue weighted by Crippen LogP contribution is 2.12. The van der Waals surface area contributed by atoms with Crippen molar-refractivity contribution >= 4 is 35.6 Å². The van der Waals surface area contributed by atoms with Gasteiger partial charge in [-0.2, -0.15) is 0 Å². The normalized spacial score (nSPS) is 13.1. The van der Waals surface area contributed by atoms with E-state index in [9.17, 15) is 33.9 Å². The van der Waals surface area contributed by atoms with Crippen LogP contribution in [0.4, 0.5) is 0 Å². The number of aromatic hydroxyl groups is 1. The zero-order chi connectivity index (χ0) is 25.1. The van der Waals surface area contributed by atoms with Crippen molar-refractivity contribution in [3.8, 4) is 5.75 Å². The van der Waals surface area contributed by atoms with E-state index in [2.05, 4.69) is 10.6 Å². The Morgan fingerprint density at radius 3 is 1.85 bits per heavy atom. The second-order valence-electron chi connectivity index (χ2n) is 6.92. The summed E-state index contributed by atoms with van der Waals surface area (Å²) in [7, 11) is 0. The molecule has 0 bridgehead atoms. The van der Waals surface area contributed by atoms with Crippen molar-refractivity contribution < 1.29 is 44.1 Å². The highest BCUT2D eigenvalue weighted by atomic mass is 16.4. The first kappa shape index (κ1) is 26.8. The summed E-state index contributed by atoms with van der Waals surface area (Å²) in [5.74, 6) is -6.97. The number of carbonyl (C=O) groups is 6. The highest BCUT2D eigenvalue weighted by Gasteiger charge is 2.31. The van der Waals surface area contributed by atoms with Gasteiger partial charge in [-0.3, -0.25) is 24.0 Å². The van der Waals surface area contributed by atoms with Crippen molar-refractivity contribution in [1.82, 2.24) is 16.0 Å². The van der Waals surface area contributed by atoms with Gasteiger partial charge in [-0.15, -0.1) is 0 Å². The van der Waals surface area contributed by atoms with Gasteiger partial charge < -0.3 is 42.7 Å². The van der Waals surface area contributed by atoms with Gasteiger partial charge in [0.05, 0.1) is 19.4 Å². The molecule has 0 spiro atoms. The number of phenols is 1. The van der Waals surface area contributed by atoms with Crippen molar-refractivity contribution in [2.24, 2.45) is 11.5 Å². The standard InChI is InChI=1S/C19H25N5O9/c20-8-15(27)22-11(5-9-1-3-10(25)4-2-9)17(30)23-12(6-14(21)26)18(31)24-13(19(32)33)7-16(28)29/h1-4,11-13,25H,5-8,20H2,(H2,21,26)(H,22,27)(H,23,30)(H,24,31)(H,28,29)(H,32,33). The van der Waals surface area contributed by atoms with Crippen LogP contribution in [-0.4, -0.2) is 75.6 Å². The molecule has 180 valence electrons. The van der Waals surface area contributed by atoms with Crippen LogP contribution in [0.3, 0.4) is 0 Å². The maximum absolute atomic E-state index is 12.8. The SMILES string of the molecule is NCC(=O)NC(Cc1ccc(O)cc1)C(=O)NC(CC(N)=O)C(=O)NC(CC(=O)O)C(=O)O. The first-order valence-corrected chi connectivity index (χ1v) is 9.53. The monoisotopic (exact) mass is 467 g/mol. The molecule has 0 aliphatic carbocycles. The van der Waals surface area contributed by atoms with Crippen molar-refractivity contribution in [2.75, 3.05) is 6.54 Å². The van der Waals surface area contributed by atoms with Gasteiger partial charge in [0.15, 0.2) is 0 Å². The molecule has 0 aromatic heterocycles. The number of phenolic OH excluding ortho intramolecular Hbond substituents is 1. The lowest BCUT2D eigenvalue weighted by atomic mass is 10.0. The van der Waals surface area contributed by atoms with Gasteiger partial charge in [-0.1, -0.05) is 12.1 Å². The van der Waals surface area contributed by atoms with Crippen molar-refractivity contribution in [2.45, 2.75) is 37.4 Å². The topological polar surface area (TPSA) is 251 Å². The summed E-state index contributed by atoms with van der Waals surface area (Å²) in [5.41, 5.74) is 10.9. The maximum atomic E-state index is 12.8. The predicted molar refractivity (Wildman–Crippen MR) is 110 cm³/mol. The molecule has 14 heteroatoms. The molecule has 33 heavy (non-hydrogen) atoms. The Bertz CT molecular complexity index is 903. The molecule has 10 N–H and O–H groups in total. The molecule has 3 unspecified atom stereocenters. The Hall–Kier alpha value is -4.20. The molecule has 4 amide bonds. The van der Waals surface area contributed by atoms with Gasteiger partial charge in [0.2, 0.25) is 23.6 Å². The highest BCUT2D eigenvalue weighted by molar-refractivity contribution is 5.96. The minimum atomic E-state index is -1.83. The van der Waals surface area contributed by atoms with E-state index in [1.807, 2.05) is 5.32 Å². The van der Waals surface area contributed by atoms with Crippen LogP contribution in [0.2, 0.25) is 0 Å². The molecule has 1 aromatic carbocycles. The Balaban J connectivity index is 3.06. The number of aliphatic carboxylic acids is 2. The number of carboxylic acid groups (broad SMARTS) is 2. The molecule has 1 rings (SSSR count). The van der Waals surface area contributed by atoms with Crippen LogP contribution < -0.4 is 27.4 Å². The van der Waals surface area contributed by atoms with E-state index in [4.69, 9.17) is 21.7 Å². The number of amides is 4. The summed E-state index contributed by atoms with van der Waals surface area (Å²) < 4.78 is 0. The summed E-state index contributed by atoms with van der Waals surface area (Å²) in [6.07, 6.45) is -1.76. The number of nitrogens with two attached hydrogens (primary N) is 2. The Kier molecular flexibility index (Phi) is 10.3. The molecule has 0 radical (unpaired) electrons. The second kappa shape index (κ2) is 12.6. The van der Waals surface area contributed by atoms with E-state index >= 15 is 0 Å². The molecule has 0 aliphatic heterocycles. The number of hydrogen-bond donors (Lipinski definition) is 8. The molecule has 0 heterocycles. The molecule has 0 fully saturated rings. The fourth-order valence-electron chi connectivity index (χ4n) is 2.66. The Morgan fingerprint density at radius 2 is 1.36 bits per heavy atom. The van der Waals surface area contributed by atoms with E-state index in [0.29, 0.717) is 5.56 Å². The molecule has 0 aliphatic rings. The Labute approximate surface area is 187 Å². The lowest BCUT2D eigenvalue weighted by molar-refractivity contribution is -0.147. The molecule has 3 atom stereocenters. The van der Waals surface area contributed by atoms with Crippen LogP contribution in [-0.2, 0) is 35.2 Å². The van der Waals surface area contributed by atoms with Crippen LogP contribution in [0.5, 0.6) is 5.75 Å². The summed E-state index contributed by atoms with van der Waals surface area (Å²) in [6.45, 7) is -0.444. The average Bonchev–Trinajstić information content (AvgIpc) is 2.72. The lowest BCUT2D eigenvalue weighted by Crippen LogP contribution is -2.57. The summed E-state index contributed by atoms with van der Waals surface area (Å²) in [6, 6.07) is 0.945. The first-order chi connectivity index (χ1) is 15.4. The number of benzene rings is 1. The van der Waals surface area contributed by atoms with Crippen molar-refractivity contribution in [1.29, 1.82) is 0 Å². The fourth-order valence-corrected chi connectivity index (χ4v) is 2.66. The third-order valence-corrected chi connectivity index (χ3v) is 4.24. The number of carboxylic acids is 2. The molecule has 14 nitrogen and oxygen atoms in total. The van der Waals surface area contributed by atoms with Crippen molar-refractivity contribution in [3.05, 3.63) is 29.8 Å². The lowest BCUT2D eigenvalue weighted by Gasteiger charge is -2.23. The third-order valence-electron chi connectivity index (χ3n) is 4.24. The molecular formula is C19H25N5O9. The van der Waals surface area contributed by atoms with Crippen molar-refractivity contribution in [3.63, 3.8) is 0 Å². The largest absolute Gasteiger partial charge is 0.508 e. The van der Waals surface area contributed by atoms with Gasteiger partial charge in [0.25, 0.3) is 0 Å². The predicted octanol–water partition coefficient (Wildman–Crippen LogP) is -3.22. The van der Waals surface area contributed by atoms with E-state index < -0.39 is 73.1 Å². The number of rotatable bonds is 13. The average molecular weight is 467 g/mol. The third kappa shape index (κ3) is 9.65. The van der Waals surface area contributed by atoms with Crippen LogP contribution >= 0.6 is 0 Å². The van der Waals surface area contributed by atoms with Gasteiger partial charge >= 0.3 is 11.9 Å². The second-order valence-corrected chi connectivity index (χ2v) is 6.92. The van der Waals surface area contributed by atoms with Crippen LogP contribution in [0.15, 0.2) is 24.3 Å². The minimum absolute atomic E-state index is 0.0294. The smallest absolute Gasteiger partial charge is 0.326 e. The van der Waals surface area contributed by atoms with Crippen LogP contribution in [0, 0.1) is 0 Å². The Morgan fingerprint density at radius 1 is 0.818 bits per heavy atom. The zero-order valence-electron chi connectivity index (χ0n) is 17.3. The summed E-state index contributed by atoms with van der Waals surface area (Å²) in [4.78, 5) is 70.4. The number of hydrogen-bond acceptors (Lipinski definition) is 8. The van der Waals surface area contributed by atoms with Crippen LogP contribution in [0.1, 0.15) is 18.4 Å². The van der Waals surface area contributed by atoms with Gasteiger partial charge in [0, 0.05) is 6.42 Å². The van der Waals surface area contributed by atoms with E-state index in [1.54, 1.807) is 0 Å². The first-order valence-electron chi connectivity index (χ1n) is 9.53. The molecule has 0 saturated carbocycles. The summed E-state index contributed by atoms with van der Waals surface area (Å²) in [5, 5.41) is 33.7. The maximum Gasteiger partial charge on any atom is 0.326 e. The minimum Gasteiger partial charge on any atom is -0.508 e. The van der Waals surface area contributed by atoms with Gasteiger partial charge in [0.1, 0.15) is 23.9 Å². The van der Waals surface area contributed by atoms with E-state index in [0.717, 1.165) is 0 Å². The van der Waals surface area contributed by atoms with Crippen LogP contribution in [0.25, 0.3) is 0 Å². The molecule has 0 saturated heterocycles. The fraction of sp³-hybridized carbons (Fsp3) is 0.368. The quantitative estimate of drug-likeness (QED) is 0.144. The number of nitrogens with one attached hydrogen (secondary N) is 3. The zero-order valence-corrected chi connectivity index (χ0v) is 17.3. The van der Waals surface area contributed by atoms with E-state index in [-0.39, 0.29) is 12.2 Å².